The van der Waals surface area contributed by atoms with Crippen molar-refractivity contribution < 1.29 is 22.6 Å². The van der Waals surface area contributed by atoms with Gasteiger partial charge in [0.05, 0.1) is 4.90 Å². The molecule has 1 aliphatic carbocycles. The zero-order chi connectivity index (χ0) is 13.1. The molecule has 2 aromatic carbocycles. The molecule has 0 radical (unpaired) electrons. The first-order chi connectivity index (χ1) is 8.39. The predicted molar refractivity (Wildman–Crippen MR) is 62.4 cm³/mol. The lowest BCUT2D eigenvalue weighted by Crippen LogP contribution is -2.07. The molecule has 90 valence electrons. The van der Waals surface area contributed by atoms with Gasteiger partial charge < -0.3 is 0 Å². The maximum absolute atomic E-state index is 11.7. The van der Waals surface area contributed by atoms with Gasteiger partial charge in [0.2, 0.25) is 11.6 Å². The summed E-state index contributed by atoms with van der Waals surface area (Å²) >= 11 is 0. The van der Waals surface area contributed by atoms with E-state index in [2.05, 4.69) is 0 Å². The summed E-state index contributed by atoms with van der Waals surface area (Å²) < 4.78 is 31.2. The third-order valence-electron chi connectivity index (χ3n) is 2.94. The van der Waals surface area contributed by atoms with Crippen molar-refractivity contribution in [1.29, 1.82) is 0 Å². The van der Waals surface area contributed by atoms with Gasteiger partial charge in [0.25, 0.3) is 10.1 Å². The van der Waals surface area contributed by atoms with Crippen molar-refractivity contribution in [3.8, 4) is 0 Å². The van der Waals surface area contributed by atoms with Gasteiger partial charge in [-0.05, 0) is 17.5 Å². The largest absolute Gasteiger partial charge is 0.294 e. The normalized spacial score (nSPS) is 14.5. The van der Waals surface area contributed by atoms with Crippen LogP contribution in [0, 0.1) is 0 Å². The van der Waals surface area contributed by atoms with Crippen molar-refractivity contribution in [3.05, 3.63) is 41.5 Å². The average Bonchev–Trinajstić information content (AvgIpc) is 2.56. The number of benzene rings is 2. The van der Waals surface area contributed by atoms with Crippen molar-refractivity contribution in [3.63, 3.8) is 0 Å². The lowest BCUT2D eigenvalue weighted by Gasteiger charge is -2.02. The van der Waals surface area contributed by atoms with Crippen LogP contribution in [0.2, 0.25) is 0 Å². The molecule has 3 rings (SSSR count). The van der Waals surface area contributed by atoms with E-state index in [0.717, 1.165) is 6.07 Å². The Labute approximate surface area is 102 Å². The Morgan fingerprint density at radius 1 is 0.944 bits per heavy atom. The van der Waals surface area contributed by atoms with E-state index in [1.54, 1.807) is 12.1 Å². The molecule has 18 heavy (non-hydrogen) atoms. The molecular formula is C12H6O5S. The molecule has 0 bridgehead atoms. The number of carbonyl (C=O) groups excluding carboxylic acids is 2. The first-order valence-corrected chi connectivity index (χ1v) is 6.47. The van der Waals surface area contributed by atoms with Gasteiger partial charge in [-0.1, -0.05) is 18.2 Å². The Balaban J connectivity index is 2.52. The van der Waals surface area contributed by atoms with Crippen molar-refractivity contribution in [2.24, 2.45) is 0 Å². The molecule has 0 saturated heterocycles. The molecule has 0 amide bonds. The maximum atomic E-state index is 11.7. The van der Waals surface area contributed by atoms with Gasteiger partial charge in [-0.25, -0.2) is 0 Å². The fourth-order valence-electron chi connectivity index (χ4n) is 2.16. The minimum absolute atomic E-state index is 0.0284. The minimum atomic E-state index is -4.41. The highest BCUT2D eigenvalue weighted by atomic mass is 32.2. The first kappa shape index (κ1) is 11.1. The van der Waals surface area contributed by atoms with E-state index in [1.807, 2.05) is 0 Å². The monoisotopic (exact) mass is 262 g/mol. The number of ketones is 2. The molecule has 1 N–H and O–H groups in total. The van der Waals surface area contributed by atoms with Crippen molar-refractivity contribution in [2.75, 3.05) is 0 Å². The van der Waals surface area contributed by atoms with Crippen LogP contribution in [0.15, 0.2) is 35.2 Å². The quantitative estimate of drug-likeness (QED) is 0.621. The van der Waals surface area contributed by atoms with E-state index in [0.29, 0.717) is 10.8 Å². The molecule has 6 heteroatoms. The van der Waals surface area contributed by atoms with Gasteiger partial charge >= 0.3 is 0 Å². The Hall–Kier alpha value is -2.05. The summed E-state index contributed by atoms with van der Waals surface area (Å²) in [6.07, 6.45) is 0. The average molecular weight is 262 g/mol. The molecular weight excluding hydrogens is 256 g/mol. The molecule has 0 aromatic heterocycles. The fraction of sp³-hybridized carbons (Fsp3) is 0. The number of carbonyl (C=O) groups is 2. The topological polar surface area (TPSA) is 88.5 Å². The van der Waals surface area contributed by atoms with Crippen LogP contribution in [0.25, 0.3) is 10.8 Å². The van der Waals surface area contributed by atoms with Crippen molar-refractivity contribution >= 4 is 32.5 Å². The number of Topliss-reactive ketones (excluding diaryl/α,β-unsaturated/α-hetero) is 2. The summed E-state index contributed by atoms with van der Waals surface area (Å²) in [7, 11) is -4.41. The van der Waals surface area contributed by atoms with Gasteiger partial charge in [0.1, 0.15) is 0 Å². The van der Waals surface area contributed by atoms with Gasteiger partial charge in [-0.2, -0.15) is 8.42 Å². The summed E-state index contributed by atoms with van der Waals surface area (Å²) in [6, 6.07) is 6.94. The Morgan fingerprint density at radius 2 is 1.61 bits per heavy atom. The minimum Gasteiger partial charge on any atom is -0.285 e. The molecule has 0 fully saturated rings. The molecule has 0 heterocycles. The highest BCUT2D eigenvalue weighted by molar-refractivity contribution is 7.85. The zero-order valence-corrected chi connectivity index (χ0v) is 9.69. The van der Waals surface area contributed by atoms with E-state index in [9.17, 15) is 18.0 Å². The van der Waals surface area contributed by atoms with Crippen molar-refractivity contribution in [2.45, 2.75) is 4.90 Å². The molecule has 0 saturated carbocycles. The summed E-state index contributed by atoms with van der Waals surface area (Å²) in [5.41, 5.74) is 0.301. The summed E-state index contributed by atoms with van der Waals surface area (Å²) in [4.78, 5) is 23.0. The highest BCUT2D eigenvalue weighted by Gasteiger charge is 2.32. The summed E-state index contributed by atoms with van der Waals surface area (Å²) in [5.74, 6) is -1.39. The number of rotatable bonds is 1. The zero-order valence-electron chi connectivity index (χ0n) is 8.88. The van der Waals surface area contributed by atoms with E-state index in [1.165, 1.54) is 12.1 Å². The third kappa shape index (κ3) is 1.33. The van der Waals surface area contributed by atoms with Crippen LogP contribution in [0.5, 0.6) is 0 Å². The Bertz CT molecular complexity index is 833. The molecule has 0 unspecified atom stereocenters. The molecule has 1 aliphatic rings. The third-order valence-corrected chi connectivity index (χ3v) is 3.78. The SMILES string of the molecule is O=C1C(=O)c2cc(S(=O)(=O)O)cc3cccc1c23. The van der Waals surface area contributed by atoms with E-state index >= 15 is 0 Å². The predicted octanol–water partition coefficient (Wildman–Crippen LogP) is 1.47. The maximum Gasteiger partial charge on any atom is 0.294 e. The van der Waals surface area contributed by atoms with Crippen LogP contribution < -0.4 is 0 Å². The standard InChI is InChI=1S/C12H6O5S/c13-11-8-3-1-2-6-4-7(18(15,16)17)5-9(10(6)8)12(11)14/h1-5H,(H,15,16,17). The van der Waals surface area contributed by atoms with Gasteiger partial charge in [0, 0.05) is 16.5 Å². The lowest BCUT2D eigenvalue weighted by atomic mass is 10.1. The van der Waals surface area contributed by atoms with Gasteiger partial charge in [0.15, 0.2) is 0 Å². The highest BCUT2D eigenvalue weighted by Crippen LogP contribution is 2.32. The van der Waals surface area contributed by atoms with Gasteiger partial charge in [-0.15, -0.1) is 0 Å². The van der Waals surface area contributed by atoms with Gasteiger partial charge in [-0.3, -0.25) is 14.1 Å². The van der Waals surface area contributed by atoms with Crippen LogP contribution >= 0.6 is 0 Å². The lowest BCUT2D eigenvalue weighted by molar-refractivity contribution is 0.0825. The van der Waals surface area contributed by atoms with Crippen molar-refractivity contribution in [1.82, 2.24) is 0 Å². The molecule has 0 spiro atoms. The number of hydrogen-bond acceptors (Lipinski definition) is 4. The van der Waals surface area contributed by atoms with E-state index in [4.69, 9.17) is 4.55 Å². The van der Waals surface area contributed by atoms with Crippen LogP contribution in [-0.2, 0) is 10.1 Å². The molecule has 5 nitrogen and oxygen atoms in total. The summed E-state index contributed by atoms with van der Waals surface area (Å²) in [5, 5.41) is 0.886. The molecule has 0 aliphatic heterocycles. The Morgan fingerprint density at radius 3 is 2.28 bits per heavy atom. The molecule has 0 atom stereocenters. The second kappa shape index (κ2) is 3.24. The smallest absolute Gasteiger partial charge is 0.285 e. The second-order valence-corrected chi connectivity index (χ2v) is 5.43. The van der Waals surface area contributed by atoms with Crippen LogP contribution in [-0.4, -0.2) is 24.5 Å². The first-order valence-electron chi connectivity index (χ1n) is 5.03. The Kier molecular flexibility index (Phi) is 1.99. The van der Waals surface area contributed by atoms with E-state index in [-0.39, 0.29) is 16.0 Å². The second-order valence-electron chi connectivity index (χ2n) is 4.01. The number of hydrogen-bond donors (Lipinski definition) is 1. The summed E-state index contributed by atoms with van der Waals surface area (Å²) in [6.45, 7) is 0. The fourth-order valence-corrected chi connectivity index (χ4v) is 2.70. The van der Waals surface area contributed by atoms with Crippen LogP contribution in [0.4, 0.5) is 0 Å². The van der Waals surface area contributed by atoms with Crippen LogP contribution in [0.1, 0.15) is 20.7 Å². The van der Waals surface area contributed by atoms with E-state index < -0.39 is 21.7 Å². The molecule has 2 aromatic rings. The van der Waals surface area contributed by atoms with Crippen LogP contribution in [0.3, 0.4) is 0 Å².